The first-order valence-corrected chi connectivity index (χ1v) is 12.0. The predicted molar refractivity (Wildman–Crippen MR) is 139 cm³/mol. The summed E-state index contributed by atoms with van der Waals surface area (Å²) in [5.41, 5.74) is 5.35. The lowest BCUT2D eigenvalue weighted by Gasteiger charge is -2.34. The quantitative estimate of drug-likeness (QED) is 0.464. The van der Waals surface area contributed by atoms with Gasteiger partial charge in [0.25, 0.3) is 0 Å². The zero-order chi connectivity index (χ0) is 23.8. The summed E-state index contributed by atoms with van der Waals surface area (Å²) in [6.45, 7) is 7.50. The molecule has 176 valence electrons. The van der Waals surface area contributed by atoms with E-state index in [1.165, 1.54) is 5.56 Å². The Kier molecular flexibility index (Phi) is 8.18. The molecule has 0 saturated carbocycles. The molecule has 3 aromatic rings. The highest BCUT2D eigenvalue weighted by atomic mass is 16.5. The molecule has 1 aliphatic rings. The van der Waals surface area contributed by atoms with Gasteiger partial charge in [-0.25, -0.2) is 0 Å². The molecule has 0 spiro atoms. The minimum absolute atomic E-state index is 0.620. The van der Waals surface area contributed by atoms with Gasteiger partial charge in [-0.05, 0) is 65.9 Å². The number of rotatable bonds is 8. The van der Waals surface area contributed by atoms with Crippen molar-refractivity contribution >= 4 is 12.2 Å². The number of hydrogen-bond donors (Lipinski definition) is 1. The molecule has 1 fully saturated rings. The van der Waals surface area contributed by atoms with Crippen molar-refractivity contribution in [1.82, 2.24) is 4.90 Å². The van der Waals surface area contributed by atoms with Gasteiger partial charge in [-0.1, -0.05) is 66.7 Å². The maximum atomic E-state index is 11.3. The fourth-order valence-corrected chi connectivity index (χ4v) is 4.27. The Morgan fingerprint density at radius 2 is 1.21 bits per heavy atom. The largest absolute Gasteiger partial charge is 0.494 e. The van der Waals surface area contributed by atoms with Crippen molar-refractivity contribution in [1.29, 1.82) is 0 Å². The summed E-state index contributed by atoms with van der Waals surface area (Å²) in [7, 11) is 0. The third kappa shape index (κ3) is 6.37. The Bertz CT molecular complexity index is 1030. The summed E-state index contributed by atoms with van der Waals surface area (Å²) in [6, 6.07) is 26.5. The van der Waals surface area contributed by atoms with E-state index in [2.05, 4.69) is 41.3 Å². The van der Waals surface area contributed by atoms with Crippen molar-refractivity contribution in [3.63, 3.8) is 0 Å². The summed E-state index contributed by atoms with van der Waals surface area (Å²) in [4.78, 5) is 2.38. The molecule has 1 aliphatic heterocycles. The fraction of sp³-hybridized carbons (Fsp3) is 0.267. The first kappa shape index (κ1) is 23.8. The van der Waals surface area contributed by atoms with Crippen molar-refractivity contribution in [3.05, 3.63) is 107 Å². The van der Waals surface area contributed by atoms with Crippen molar-refractivity contribution in [2.24, 2.45) is 0 Å². The molecule has 34 heavy (non-hydrogen) atoms. The topological polar surface area (TPSA) is 41.9 Å². The van der Waals surface area contributed by atoms with Crippen molar-refractivity contribution in [3.8, 4) is 11.5 Å². The van der Waals surface area contributed by atoms with Gasteiger partial charge in [-0.3, -0.25) is 4.90 Å². The average Bonchev–Trinajstić information content (AvgIpc) is 2.85. The van der Waals surface area contributed by atoms with Gasteiger partial charge in [-0.2, -0.15) is 0 Å². The van der Waals surface area contributed by atoms with E-state index in [1.54, 1.807) is 0 Å². The standard InChI is InChI=1S/C30H33NO3/c1-3-33-28-14-10-23(11-15-28)18-26-21-31(20-25-8-6-5-7-9-25)22-27(30(26)32)19-24-12-16-29(17-13-24)34-4-2/h5-19,30,32H,3-4,20-22H2,1-2H3/b26-18-,27-19+. The minimum Gasteiger partial charge on any atom is -0.494 e. The van der Waals surface area contributed by atoms with Crippen LogP contribution in [0.15, 0.2) is 90.0 Å². The first-order valence-electron chi connectivity index (χ1n) is 12.0. The number of aliphatic hydroxyl groups is 1. The third-order valence-corrected chi connectivity index (χ3v) is 5.85. The maximum absolute atomic E-state index is 11.3. The van der Waals surface area contributed by atoms with E-state index in [0.717, 1.165) is 40.3 Å². The number of aliphatic hydroxyl groups excluding tert-OH is 1. The first-order chi connectivity index (χ1) is 16.6. The van der Waals surface area contributed by atoms with Gasteiger partial charge >= 0.3 is 0 Å². The van der Waals surface area contributed by atoms with E-state index in [-0.39, 0.29) is 0 Å². The number of piperidine rings is 1. The van der Waals surface area contributed by atoms with E-state index in [4.69, 9.17) is 9.47 Å². The molecule has 0 radical (unpaired) electrons. The summed E-state index contributed by atoms with van der Waals surface area (Å²) in [5.74, 6) is 1.71. The molecule has 1 saturated heterocycles. The summed E-state index contributed by atoms with van der Waals surface area (Å²) in [6.07, 6.45) is 3.58. The van der Waals surface area contributed by atoms with Crippen LogP contribution < -0.4 is 9.47 Å². The van der Waals surface area contributed by atoms with Gasteiger partial charge in [0.05, 0.1) is 19.3 Å². The second-order valence-electron chi connectivity index (χ2n) is 8.48. The molecule has 3 aromatic carbocycles. The lowest BCUT2D eigenvalue weighted by atomic mass is 9.92. The van der Waals surface area contributed by atoms with Crippen molar-refractivity contribution in [2.75, 3.05) is 26.3 Å². The molecule has 1 heterocycles. The van der Waals surface area contributed by atoms with E-state index in [0.29, 0.717) is 26.3 Å². The van der Waals surface area contributed by atoms with Crippen molar-refractivity contribution in [2.45, 2.75) is 26.5 Å². The molecule has 4 rings (SSSR count). The molecule has 1 unspecified atom stereocenters. The number of nitrogens with zero attached hydrogens (tertiary/aromatic N) is 1. The Hall–Kier alpha value is -3.34. The van der Waals surface area contributed by atoms with Crippen LogP contribution in [0, 0.1) is 0 Å². The van der Waals surface area contributed by atoms with Crippen molar-refractivity contribution < 1.29 is 14.6 Å². The van der Waals surface area contributed by atoms with Crippen LogP contribution in [0.4, 0.5) is 0 Å². The predicted octanol–water partition coefficient (Wildman–Crippen LogP) is 5.83. The number of ether oxygens (including phenoxy) is 2. The summed E-state index contributed by atoms with van der Waals surface area (Å²) < 4.78 is 11.1. The Morgan fingerprint density at radius 3 is 1.65 bits per heavy atom. The maximum Gasteiger partial charge on any atom is 0.119 e. The van der Waals surface area contributed by atoms with Crippen LogP contribution in [0.2, 0.25) is 0 Å². The van der Waals surface area contributed by atoms with Crippen LogP contribution >= 0.6 is 0 Å². The molecule has 0 amide bonds. The van der Waals surface area contributed by atoms with Gasteiger partial charge < -0.3 is 14.6 Å². The van der Waals surface area contributed by atoms with Gasteiger partial charge in [0.2, 0.25) is 0 Å². The second-order valence-corrected chi connectivity index (χ2v) is 8.48. The Labute approximate surface area is 202 Å². The average molecular weight is 456 g/mol. The molecule has 0 bridgehead atoms. The van der Waals surface area contributed by atoms with E-state index in [1.807, 2.05) is 68.4 Å². The minimum atomic E-state index is -0.620. The zero-order valence-electron chi connectivity index (χ0n) is 20.0. The van der Waals surface area contributed by atoms with Crippen LogP contribution in [0.5, 0.6) is 11.5 Å². The van der Waals surface area contributed by atoms with E-state index < -0.39 is 6.10 Å². The highest BCUT2D eigenvalue weighted by Gasteiger charge is 2.26. The van der Waals surface area contributed by atoms with Crippen LogP contribution in [-0.4, -0.2) is 42.4 Å². The molecule has 1 atom stereocenters. The Morgan fingerprint density at radius 1 is 0.735 bits per heavy atom. The fourth-order valence-electron chi connectivity index (χ4n) is 4.27. The lowest BCUT2D eigenvalue weighted by molar-refractivity contribution is 0.180. The zero-order valence-corrected chi connectivity index (χ0v) is 20.0. The lowest BCUT2D eigenvalue weighted by Crippen LogP contribution is -2.39. The highest BCUT2D eigenvalue weighted by Crippen LogP contribution is 2.27. The number of hydrogen-bond acceptors (Lipinski definition) is 4. The smallest absolute Gasteiger partial charge is 0.119 e. The number of likely N-dealkylation sites (tertiary alicyclic amines) is 1. The molecule has 0 aliphatic carbocycles. The monoisotopic (exact) mass is 455 g/mol. The molecule has 1 N–H and O–H groups in total. The van der Waals surface area contributed by atoms with Crippen LogP contribution in [0.3, 0.4) is 0 Å². The molecular weight excluding hydrogens is 422 g/mol. The second kappa shape index (κ2) is 11.7. The molecule has 4 heteroatoms. The summed E-state index contributed by atoms with van der Waals surface area (Å²) >= 11 is 0. The van der Waals surface area contributed by atoms with Gasteiger partial charge in [-0.15, -0.1) is 0 Å². The van der Waals surface area contributed by atoms with Gasteiger partial charge in [0.15, 0.2) is 0 Å². The highest BCUT2D eigenvalue weighted by molar-refractivity contribution is 5.62. The SMILES string of the molecule is CCOc1ccc(/C=C2/CN(Cc3ccccc3)C/C(=C\c3ccc(OCC)cc3)C2O)cc1. The summed E-state index contributed by atoms with van der Waals surface area (Å²) in [5, 5.41) is 11.3. The molecule has 4 nitrogen and oxygen atoms in total. The normalized spacial score (nSPS) is 18.9. The van der Waals surface area contributed by atoms with Gasteiger partial charge in [0, 0.05) is 19.6 Å². The van der Waals surface area contributed by atoms with Crippen LogP contribution in [0.25, 0.3) is 12.2 Å². The number of benzene rings is 3. The van der Waals surface area contributed by atoms with Crippen LogP contribution in [0.1, 0.15) is 30.5 Å². The van der Waals surface area contributed by atoms with E-state index in [9.17, 15) is 5.11 Å². The molecule has 0 aromatic heterocycles. The third-order valence-electron chi connectivity index (χ3n) is 5.85. The van der Waals surface area contributed by atoms with E-state index >= 15 is 0 Å². The van der Waals surface area contributed by atoms with Crippen LogP contribution in [-0.2, 0) is 6.54 Å². The van der Waals surface area contributed by atoms with Gasteiger partial charge in [0.1, 0.15) is 11.5 Å². The Balaban J connectivity index is 1.61. The molecular formula is C30H33NO3.